The zero-order valence-electron chi connectivity index (χ0n) is 22.0. The quantitative estimate of drug-likeness (QED) is 0.185. The number of para-hydroxylation sites is 1. The van der Waals surface area contributed by atoms with Crippen molar-refractivity contribution in [3.05, 3.63) is 36.0 Å². The SMILES string of the molecule is CCC(C)C(N)C(=O)NC(C(=O)NC(CC(=O)O)C(=O)NC(Cc1c[nH]c2ccccc12)C(=O)O)C(C)C. The van der Waals surface area contributed by atoms with E-state index in [2.05, 4.69) is 20.9 Å². The van der Waals surface area contributed by atoms with E-state index in [4.69, 9.17) is 5.73 Å². The smallest absolute Gasteiger partial charge is 0.326 e. The minimum atomic E-state index is -1.58. The zero-order chi connectivity index (χ0) is 28.6. The average molecular weight is 532 g/mol. The van der Waals surface area contributed by atoms with Crippen LogP contribution in [0.3, 0.4) is 0 Å². The first-order chi connectivity index (χ1) is 17.8. The fourth-order valence-corrected chi connectivity index (χ4v) is 3.93. The lowest BCUT2D eigenvalue weighted by Gasteiger charge is -2.27. The van der Waals surface area contributed by atoms with Gasteiger partial charge in [0.1, 0.15) is 18.1 Å². The van der Waals surface area contributed by atoms with Gasteiger partial charge in [0, 0.05) is 23.5 Å². The number of carboxylic acid groups (broad SMARTS) is 2. The van der Waals surface area contributed by atoms with Crippen LogP contribution in [0.4, 0.5) is 0 Å². The number of nitrogens with one attached hydrogen (secondary N) is 4. The van der Waals surface area contributed by atoms with E-state index in [0.717, 1.165) is 10.9 Å². The Balaban J connectivity index is 2.18. The Morgan fingerprint density at radius 2 is 1.55 bits per heavy atom. The molecule has 0 aliphatic heterocycles. The number of H-pyrrole nitrogens is 1. The van der Waals surface area contributed by atoms with Crippen molar-refractivity contribution in [1.82, 2.24) is 20.9 Å². The molecule has 0 bridgehead atoms. The van der Waals surface area contributed by atoms with Gasteiger partial charge in [-0.05, 0) is 23.5 Å². The largest absolute Gasteiger partial charge is 0.481 e. The molecular formula is C26H37N5O7. The van der Waals surface area contributed by atoms with E-state index in [0.29, 0.717) is 12.0 Å². The third-order valence-electron chi connectivity index (χ3n) is 6.53. The number of carbonyl (C=O) groups excluding carboxylic acids is 3. The maximum atomic E-state index is 13.0. The standard InChI is InChI=1S/C26H37N5O7/c1-5-14(4)21(27)24(35)31-22(13(2)3)25(36)29-18(11-20(32)33)23(34)30-19(26(37)38)10-15-12-28-17-9-7-6-8-16(15)17/h6-9,12-14,18-19,21-22,28H,5,10-11,27H2,1-4H3,(H,29,36)(H,30,34)(H,31,35)(H,32,33)(H,37,38). The number of rotatable bonds is 14. The molecule has 8 N–H and O–H groups in total. The average Bonchev–Trinajstić information content (AvgIpc) is 3.27. The lowest BCUT2D eigenvalue weighted by molar-refractivity contribution is -0.143. The number of amides is 3. The first-order valence-corrected chi connectivity index (χ1v) is 12.5. The first kappa shape index (κ1) is 30.3. The second-order valence-electron chi connectivity index (χ2n) is 9.76. The highest BCUT2D eigenvalue weighted by Crippen LogP contribution is 2.19. The van der Waals surface area contributed by atoms with Crippen molar-refractivity contribution in [2.24, 2.45) is 17.6 Å². The number of hydrogen-bond donors (Lipinski definition) is 7. The van der Waals surface area contributed by atoms with Crippen molar-refractivity contribution >= 4 is 40.6 Å². The summed E-state index contributed by atoms with van der Waals surface area (Å²) in [5, 5.41) is 27.1. The van der Waals surface area contributed by atoms with E-state index in [1.807, 2.05) is 25.1 Å². The van der Waals surface area contributed by atoms with Gasteiger partial charge in [-0.2, -0.15) is 0 Å². The van der Waals surface area contributed by atoms with Crippen LogP contribution < -0.4 is 21.7 Å². The summed E-state index contributed by atoms with van der Waals surface area (Å²) < 4.78 is 0. The Bertz CT molecular complexity index is 1160. The van der Waals surface area contributed by atoms with Crippen molar-refractivity contribution in [2.75, 3.05) is 0 Å². The molecule has 2 rings (SSSR count). The Kier molecular flexibility index (Phi) is 10.8. The molecule has 5 unspecified atom stereocenters. The molecule has 1 heterocycles. The van der Waals surface area contributed by atoms with Gasteiger partial charge in [-0.15, -0.1) is 0 Å². The monoisotopic (exact) mass is 531 g/mol. The summed E-state index contributed by atoms with van der Waals surface area (Å²) in [7, 11) is 0. The number of carbonyl (C=O) groups is 5. The lowest BCUT2D eigenvalue weighted by Crippen LogP contribution is -2.59. The lowest BCUT2D eigenvalue weighted by atomic mass is 9.97. The minimum absolute atomic E-state index is 0.0724. The second kappa shape index (κ2) is 13.6. The molecule has 1 aromatic heterocycles. The van der Waals surface area contributed by atoms with Crippen LogP contribution in [0.1, 0.15) is 46.1 Å². The predicted octanol–water partition coefficient (Wildman–Crippen LogP) is 0.754. The molecule has 38 heavy (non-hydrogen) atoms. The Labute approximate surface area is 220 Å². The summed E-state index contributed by atoms with van der Waals surface area (Å²) in [6.07, 6.45) is 1.43. The van der Waals surface area contributed by atoms with Crippen LogP contribution in [0.15, 0.2) is 30.5 Å². The van der Waals surface area contributed by atoms with Crippen molar-refractivity contribution in [1.29, 1.82) is 0 Å². The number of hydrogen-bond acceptors (Lipinski definition) is 6. The number of aromatic amines is 1. The summed E-state index contributed by atoms with van der Waals surface area (Å²) in [6.45, 7) is 7.03. The molecule has 5 atom stereocenters. The maximum Gasteiger partial charge on any atom is 0.326 e. The van der Waals surface area contributed by atoms with Crippen LogP contribution in [0.2, 0.25) is 0 Å². The topological polar surface area (TPSA) is 204 Å². The molecule has 3 amide bonds. The fraction of sp³-hybridized carbons (Fsp3) is 0.500. The molecule has 2 aromatic rings. The molecule has 12 nitrogen and oxygen atoms in total. The molecule has 0 aliphatic rings. The van der Waals surface area contributed by atoms with E-state index in [1.165, 1.54) is 0 Å². The molecule has 0 aliphatic carbocycles. The highest BCUT2D eigenvalue weighted by molar-refractivity contribution is 5.96. The van der Waals surface area contributed by atoms with Gasteiger partial charge in [0.05, 0.1) is 12.5 Å². The van der Waals surface area contributed by atoms with Crippen LogP contribution in [0, 0.1) is 11.8 Å². The Morgan fingerprint density at radius 3 is 2.13 bits per heavy atom. The van der Waals surface area contributed by atoms with Gasteiger partial charge in [-0.3, -0.25) is 19.2 Å². The Hall–Kier alpha value is -3.93. The second-order valence-corrected chi connectivity index (χ2v) is 9.76. The molecule has 1 aromatic carbocycles. The molecular weight excluding hydrogens is 494 g/mol. The molecule has 208 valence electrons. The predicted molar refractivity (Wildman–Crippen MR) is 140 cm³/mol. The van der Waals surface area contributed by atoms with Crippen LogP contribution in [-0.2, 0) is 30.4 Å². The van der Waals surface area contributed by atoms with Crippen LogP contribution >= 0.6 is 0 Å². The third-order valence-corrected chi connectivity index (χ3v) is 6.53. The minimum Gasteiger partial charge on any atom is -0.481 e. The Morgan fingerprint density at radius 1 is 0.921 bits per heavy atom. The first-order valence-electron chi connectivity index (χ1n) is 12.5. The van der Waals surface area contributed by atoms with Gasteiger partial charge in [-0.25, -0.2) is 4.79 Å². The molecule has 0 saturated heterocycles. The van der Waals surface area contributed by atoms with Crippen molar-refractivity contribution in [3.8, 4) is 0 Å². The number of carboxylic acids is 2. The summed E-state index contributed by atoms with van der Waals surface area (Å²) in [4.78, 5) is 65.0. The number of benzene rings is 1. The number of fused-ring (bicyclic) bond motifs is 1. The number of aliphatic carboxylic acids is 2. The summed E-state index contributed by atoms with van der Waals surface area (Å²) in [5.74, 6) is -5.55. The molecule has 0 spiro atoms. The van der Waals surface area contributed by atoms with Crippen LogP contribution in [0.5, 0.6) is 0 Å². The number of aromatic nitrogens is 1. The van der Waals surface area contributed by atoms with E-state index in [9.17, 15) is 34.2 Å². The zero-order valence-corrected chi connectivity index (χ0v) is 22.0. The normalized spacial score (nSPS) is 15.2. The van der Waals surface area contributed by atoms with Crippen molar-refractivity contribution in [3.63, 3.8) is 0 Å². The summed E-state index contributed by atoms with van der Waals surface area (Å²) in [5.41, 5.74) is 7.41. The molecule has 0 fully saturated rings. The van der Waals surface area contributed by atoms with Crippen molar-refractivity contribution < 1.29 is 34.2 Å². The van der Waals surface area contributed by atoms with Gasteiger partial charge in [0.2, 0.25) is 17.7 Å². The van der Waals surface area contributed by atoms with Crippen molar-refractivity contribution in [2.45, 2.75) is 71.1 Å². The highest BCUT2D eigenvalue weighted by Gasteiger charge is 2.33. The van der Waals surface area contributed by atoms with E-state index in [-0.39, 0.29) is 12.3 Å². The van der Waals surface area contributed by atoms with E-state index >= 15 is 0 Å². The molecule has 0 radical (unpaired) electrons. The molecule has 12 heteroatoms. The fourth-order valence-electron chi connectivity index (χ4n) is 3.93. The van der Waals surface area contributed by atoms with Gasteiger partial charge >= 0.3 is 11.9 Å². The van der Waals surface area contributed by atoms with Gasteiger partial charge < -0.3 is 36.9 Å². The van der Waals surface area contributed by atoms with Crippen LogP contribution in [-0.4, -0.2) is 69.0 Å². The maximum absolute atomic E-state index is 13.0. The van der Waals surface area contributed by atoms with Gasteiger partial charge in [-0.1, -0.05) is 52.3 Å². The summed E-state index contributed by atoms with van der Waals surface area (Å²) >= 11 is 0. The third kappa shape index (κ3) is 8.04. The van der Waals surface area contributed by atoms with Gasteiger partial charge in [0.25, 0.3) is 0 Å². The van der Waals surface area contributed by atoms with Gasteiger partial charge in [0.15, 0.2) is 0 Å². The number of nitrogens with two attached hydrogens (primary N) is 1. The van der Waals surface area contributed by atoms with E-state index in [1.54, 1.807) is 33.0 Å². The molecule has 0 saturated carbocycles. The summed E-state index contributed by atoms with van der Waals surface area (Å²) in [6, 6.07) is 2.34. The van der Waals surface area contributed by atoms with Crippen LogP contribution in [0.25, 0.3) is 10.9 Å². The van der Waals surface area contributed by atoms with E-state index < -0.39 is 66.2 Å². The highest BCUT2D eigenvalue weighted by atomic mass is 16.4.